The van der Waals surface area contributed by atoms with Crippen molar-refractivity contribution in [2.45, 2.75) is 63.4 Å². The van der Waals surface area contributed by atoms with Gasteiger partial charge in [0.15, 0.2) is 11.5 Å². The number of nitrogens with zero attached hydrogens (tertiary/aromatic N) is 1. The standard InChI is InChI=1S/C22H23NO5/c1-22(2)27-18-11-10-16-19(21(18)28-22)15-8-3-4-9-17(15)26-20(16)13-6-5-7-14(12-13)23(24)25/h5-7,10-12,15,17,20H,3-4,8-9H2,1-2H3/t15-,17+,20-/m1/s1. The predicted octanol–water partition coefficient (Wildman–Crippen LogP) is 5.25. The zero-order valence-corrected chi connectivity index (χ0v) is 16.0. The molecule has 0 unspecified atom stereocenters. The Morgan fingerprint density at radius 1 is 1.11 bits per heavy atom. The lowest BCUT2D eigenvalue weighted by Gasteiger charge is -2.41. The second kappa shape index (κ2) is 6.21. The van der Waals surface area contributed by atoms with Gasteiger partial charge in [0, 0.05) is 37.5 Å². The van der Waals surface area contributed by atoms with Crippen molar-refractivity contribution < 1.29 is 19.1 Å². The van der Waals surface area contributed by atoms with Crippen LogP contribution in [0, 0.1) is 10.1 Å². The predicted molar refractivity (Wildman–Crippen MR) is 103 cm³/mol. The Balaban J connectivity index is 1.66. The molecule has 6 heteroatoms. The van der Waals surface area contributed by atoms with Gasteiger partial charge in [-0.1, -0.05) is 31.0 Å². The third-order valence-corrected chi connectivity index (χ3v) is 5.95. The summed E-state index contributed by atoms with van der Waals surface area (Å²) in [6, 6.07) is 10.7. The van der Waals surface area contributed by atoms with E-state index in [9.17, 15) is 10.1 Å². The lowest BCUT2D eigenvalue weighted by molar-refractivity contribution is -0.385. The molecule has 0 radical (unpaired) electrons. The van der Waals surface area contributed by atoms with E-state index in [1.807, 2.05) is 32.0 Å². The second-order valence-electron chi connectivity index (χ2n) is 8.30. The Kier molecular flexibility index (Phi) is 3.88. The fourth-order valence-electron chi connectivity index (χ4n) is 4.82. The van der Waals surface area contributed by atoms with Crippen molar-refractivity contribution in [1.29, 1.82) is 0 Å². The Bertz CT molecular complexity index is 954. The number of nitro benzene ring substituents is 1. The molecule has 5 rings (SSSR count). The highest BCUT2D eigenvalue weighted by Gasteiger charge is 2.44. The van der Waals surface area contributed by atoms with E-state index in [1.54, 1.807) is 12.1 Å². The molecule has 6 nitrogen and oxygen atoms in total. The van der Waals surface area contributed by atoms with Crippen LogP contribution in [0.3, 0.4) is 0 Å². The quantitative estimate of drug-likeness (QED) is 0.525. The lowest BCUT2D eigenvalue weighted by Crippen LogP contribution is -2.34. The van der Waals surface area contributed by atoms with Crippen LogP contribution < -0.4 is 9.47 Å². The summed E-state index contributed by atoms with van der Waals surface area (Å²) < 4.78 is 18.7. The van der Waals surface area contributed by atoms with Crippen LogP contribution in [0.1, 0.15) is 68.2 Å². The molecule has 1 aliphatic carbocycles. The van der Waals surface area contributed by atoms with E-state index in [1.165, 1.54) is 12.5 Å². The van der Waals surface area contributed by atoms with Crippen molar-refractivity contribution in [2.24, 2.45) is 0 Å². The molecule has 2 aliphatic heterocycles. The summed E-state index contributed by atoms with van der Waals surface area (Å²) >= 11 is 0. The highest BCUT2D eigenvalue weighted by molar-refractivity contribution is 5.58. The first kappa shape index (κ1) is 17.5. The SMILES string of the molecule is CC1(C)Oc2ccc3c(c2O1)[C@@H]1CCCC[C@@H]1O[C@@H]3c1cccc([N+](=O)[O-])c1. The van der Waals surface area contributed by atoms with Gasteiger partial charge in [-0.2, -0.15) is 0 Å². The van der Waals surface area contributed by atoms with E-state index < -0.39 is 5.79 Å². The molecule has 2 heterocycles. The molecule has 146 valence electrons. The summed E-state index contributed by atoms with van der Waals surface area (Å²) in [5, 5.41) is 11.3. The Morgan fingerprint density at radius 3 is 2.75 bits per heavy atom. The number of benzene rings is 2. The molecular weight excluding hydrogens is 358 g/mol. The van der Waals surface area contributed by atoms with E-state index in [0.29, 0.717) is 0 Å². The molecule has 28 heavy (non-hydrogen) atoms. The normalized spacial score (nSPS) is 27.0. The van der Waals surface area contributed by atoms with Crippen LogP contribution in [0.5, 0.6) is 11.5 Å². The zero-order chi connectivity index (χ0) is 19.5. The topological polar surface area (TPSA) is 70.8 Å². The van der Waals surface area contributed by atoms with E-state index in [0.717, 1.165) is 47.5 Å². The van der Waals surface area contributed by atoms with Crippen molar-refractivity contribution in [3.05, 3.63) is 63.2 Å². The maximum absolute atomic E-state index is 11.3. The number of fused-ring (bicyclic) bond motifs is 5. The van der Waals surface area contributed by atoms with Gasteiger partial charge in [0.05, 0.1) is 11.0 Å². The molecule has 3 aliphatic rings. The molecule has 0 N–H and O–H groups in total. The van der Waals surface area contributed by atoms with Crippen LogP contribution >= 0.6 is 0 Å². The van der Waals surface area contributed by atoms with Gasteiger partial charge in [0.1, 0.15) is 6.10 Å². The molecule has 2 aromatic carbocycles. The number of hydrogen-bond acceptors (Lipinski definition) is 5. The van der Waals surface area contributed by atoms with Gasteiger partial charge in [0.2, 0.25) is 5.79 Å². The molecule has 1 fully saturated rings. The fraction of sp³-hybridized carbons (Fsp3) is 0.455. The summed E-state index contributed by atoms with van der Waals surface area (Å²) in [7, 11) is 0. The van der Waals surface area contributed by atoms with Gasteiger partial charge in [-0.05, 0) is 30.0 Å². The smallest absolute Gasteiger partial charge is 0.269 e. The molecular formula is C22H23NO5. The second-order valence-corrected chi connectivity index (χ2v) is 8.30. The maximum Gasteiger partial charge on any atom is 0.269 e. The number of hydrogen-bond donors (Lipinski definition) is 0. The highest BCUT2D eigenvalue weighted by Crippen LogP contribution is 2.55. The minimum Gasteiger partial charge on any atom is -0.449 e. The first-order valence-corrected chi connectivity index (χ1v) is 9.87. The minimum absolute atomic E-state index is 0.0790. The summed E-state index contributed by atoms with van der Waals surface area (Å²) in [5.41, 5.74) is 3.08. The molecule has 3 atom stereocenters. The van der Waals surface area contributed by atoms with Crippen LogP contribution in [0.25, 0.3) is 0 Å². The third-order valence-electron chi connectivity index (χ3n) is 5.95. The van der Waals surface area contributed by atoms with Gasteiger partial charge in [-0.3, -0.25) is 10.1 Å². The number of non-ortho nitro benzene ring substituents is 1. The summed E-state index contributed by atoms with van der Waals surface area (Å²) in [4.78, 5) is 10.9. The van der Waals surface area contributed by atoms with E-state index >= 15 is 0 Å². The number of nitro groups is 1. The Morgan fingerprint density at radius 2 is 1.93 bits per heavy atom. The summed E-state index contributed by atoms with van der Waals surface area (Å²) in [6.07, 6.45) is 4.09. The molecule has 0 spiro atoms. The van der Waals surface area contributed by atoms with E-state index in [4.69, 9.17) is 14.2 Å². The van der Waals surface area contributed by atoms with E-state index in [-0.39, 0.29) is 28.7 Å². The van der Waals surface area contributed by atoms with Gasteiger partial charge < -0.3 is 14.2 Å². The van der Waals surface area contributed by atoms with Crippen molar-refractivity contribution in [3.8, 4) is 11.5 Å². The monoisotopic (exact) mass is 381 g/mol. The number of ether oxygens (including phenoxy) is 3. The summed E-state index contributed by atoms with van der Waals surface area (Å²) in [5.74, 6) is 1.16. The van der Waals surface area contributed by atoms with Gasteiger partial charge >= 0.3 is 0 Å². The molecule has 0 bridgehead atoms. The van der Waals surface area contributed by atoms with Crippen LogP contribution in [0.15, 0.2) is 36.4 Å². The van der Waals surface area contributed by atoms with Crippen molar-refractivity contribution in [3.63, 3.8) is 0 Å². The zero-order valence-electron chi connectivity index (χ0n) is 16.0. The third kappa shape index (κ3) is 2.75. The highest BCUT2D eigenvalue weighted by atomic mass is 16.7. The molecule has 2 aromatic rings. The Hall–Kier alpha value is -2.60. The molecule has 1 saturated carbocycles. The van der Waals surface area contributed by atoms with Gasteiger partial charge in [-0.25, -0.2) is 0 Å². The van der Waals surface area contributed by atoms with Crippen LogP contribution in [-0.2, 0) is 4.74 Å². The largest absolute Gasteiger partial charge is 0.449 e. The number of rotatable bonds is 2. The van der Waals surface area contributed by atoms with Crippen LogP contribution in [0.4, 0.5) is 5.69 Å². The minimum atomic E-state index is -0.693. The van der Waals surface area contributed by atoms with Crippen molar-refractivity contribution >= 4 is 5.69 Å². The molecule has 0 amide bonds. The van der Waals surface area contributed by atoms with Gasteiger partial charge in [0.25, 0.3) is 5.69 Å². The Labute approximate surface area is 163 Å². The lowest BCUT2D eigenvalue weighted by atomic mass is 9.75. The van der Waals surface area contributed by atoms with Crippen molar-refractivity contribution in [2.75, 3.05) is 0 Å². The summed E-state index contributed by atoms with van der Waals surface area (Å²) in [6.45, 7) is 3.82. The first-order valence-electron chi connectivity index (χ1n) is 9.87. The fourth-order valence-corrected chi connectivity index (χ4v) is 4.82. The molecule has 0 aromatic heterocycles. The van der Waals surface area contributed by atoms with E-state index in [2.05, 4.69) is 0 Å². The first-order chi connectivity index (χ1) is 13.4. The average molecular weight is 381 g/mol. The van der Waals surface area contributed by atoms with Gasteiger partial charge in [-0.15, -0.1) is 0 Å². The maximum atomic E-state index is 11.3. The van der Waals surface area contributed by atoms with Crippen molar-refractivity contribution in [1.82, 2.24) is 0 Å². The van der Waals surface area contributed by atoms with Crippen LogP contribution in [0.2, 0.25) is 0 Å². The average Bonchev–Trinajstić information content (AvgIpc) is 3.01. The van der Waals surface area contributed by atoms with Crippen LogP contribution in [-0.4, -0.2) is 16.8 Å². The molecule has 0 saturated heterocycles.